The fourth-order valence-corrected chi connectivity index (χ4v) is 5.52. The first-order valence-corrected chi connectivity index (χ1v) is 9.54. The highest BCUT2D eigenvalue weighted by Crippen LogP contribution is 2.35. The molecule has 0 aromatic carbocycles. The van der Waals surface area contributed by atoms with Crippen LogP contribution < -0.4 is 0 Å². The molecule has 2 fully saturated rings. The Morgan fingerprint density at radius 3 is 2.41 bits per heavy atom. The van der Waals surface area contributed by atoms with Gasteiger partial charge >= 0.3 is 5.97 Å². The van der Waals surface area contributed by atoms with Gasteiger partial charge in [0.15, 0.2) is 6.10 Å². The molecule has 2 atom stereocenters. The van der Waals surface area contributed by atoms with Crippen LogP contribution in [0.15, 0.2) is 0 Å². The van der Waals surface area contributed by atoms with Gasteiger partial charge in [-0.15, -0.1) is 0 Å². The lowest BCUT2D eigenvalue weighted by atomic mass is 9.87. The molecule has 0 spiro atoms. The van der Waals surface area contributed by atoms with Gasteiger partial charge in [-0.25, -0.2) is 4.79 Å². The van der Waals surface area contributed by atoms with E-state index in [1.807, 2.05) is 20.8 Å². The Bertz CT molecular complexity index is 372. The van der Waals surface area contributed by atoms with E-state index in [1.54, 1.807) is 4.90 Å². The molecule has 2 heterocycles. The van der Waals surface area contributed by atoms with Crippen molar-refractivity contribution in [3.8, 4) is 0 Å². The maximum Gasteiger partial charge on any atom is 0.329 e. The van der Waals surface area contributed by atoms with Crippen molar-refractivity contribution in [3.63, 3.8) is 0 Å². The maximum atomic E-state index is 12.4. The predicted octanol–water partition coefficient (Wildman–Crippen LogP) is 1.42. The summed E-state index contributed by atoms with van der Waals surface area (Å²) in [7, 11) is -1.44. The van der Waals surface area contributed by atoms with E-state index in [4.69, 9.17) is 4.74 Å². The van der Waals surface area contributed by atoms with Crippen molar-refractivity contribution in [1.82, 2.24) is 4.90 Å². The fourth-order valence-electron chi connectivity index (χ4n) is 2.65. The summed E-state index contributed by atoms with van der Waals surface area (Å²) in [6, 6.07) is 0.539. The van der Waals surface area contributed by atoms with Crippen LogP contribution in [-0.2, 0) is 14.3 Å². The predicted molar refractivity (Wildman–Crippen MR) is 67.1 cm³/mol. The minimum atomic E-state index is -1.44. The summed E-state index contributed by atoms with van der Waals surface area (Å²) in [6.45, 7) is 10.2. The first-order valence-electron chi connectivity index (χ1n) is 6.13. The molecule has 5 heteroatoms. The number of ether oxygens (including phenoxy) is 1. The van der Waals surface area contributed by atoms with Crippen LogP contribution in [0.1, 0.15) is 20.8 Å². The van der Waals surface area contributed by atoms with Crippen LogP contribution in [0.5, 0.6) is 0 Å². The Balaban J connectivity index is 2.28. The Hall–Kier alpha value is -0.843. The summed E-state index contributed by atoms with van der Waals surface area (Å²) in [5.41, 5.74) is -0.327. The molecule has 96 valence electrons. The van der Waals surface area contributed by atoms with E-state index in [0.717, 1.165) is 12.2 Å². The van der Waals surface area contributed by atoms with Gasteiger partial charge in [0.25, 0.3) is 5.91 Å². The highest BCUT2D eigenvalue weighted by atomic mass is 28.3. The van der Waals surface area contributed by atoms with Crippen LogP contribution in [0.3, 0.4) is 0 Å². The quantitative estimate of drug-likeness (QED) is 0.486. The van der Waals surface area contributed by atoms with E-state index >= 15 is 0 Å². The molecular weight excluding hydrogens is 234 g/mol. The zero-order valence-corrected chi connectivity index (χ0v) is 12.2. The Morgan fingerprint density at radius 2 is 1.88 bits per heavy atom. The molecule has 0 unspecified atom stereocenters. The summed E-state index contributed by atoms with van der Waals surface area (Å²) < 4.78 is 5.36. The van der Waals surface area contributed by atoms with Gasteiger partial charge in [-0.3, -0.25) is 4.79 Å². The van der Waals surface area contributed by atoms with Crippen LogP contribution in [0.25, 0.3) is 0 Å². The molecular formula is C12H21NO3Si. The van der Waals surface area contributed by atoms with E-state index < -0.39 is 14.2 Å². The second kappa shape index (κ2) is 3.57. The number of carbonyl (C=O) groups excluding carboxylic acids is 2. The minimum Gasteiger partial charge on any atom is -0.450 e. The summed E-state index contributed by atoms with van der Waals surface area (Å²) in [5.74, 6) is -0.206. The molecule has 0 aromatic heterocycles. The number of nitrogens with zero attached hydrogens (tertiary/aromatic N) is 1. The van der Waals surface area contributed by atoms with E-state index in [9.17, 15) is 9.59 Å². The normalized spacial score (nSPS) is 32.4. The maximum absolute atomic E-state index is 12.4. The molecule has 1 amide bonds. The highest BCUT2D eigenvalue weighted by molar-refractivity contribution is 6.79. The second-order valence-electron chi connectivity index (χ2n) is 7.03. The number of cyclic esters (lactones) is 1. The third kappa shape index (κ3) is 2.12. The lowest BCUT2D eigenvalue weighted by Crippen LogP contribution is -2.57. The van der Waals surface area contributed by atoms with Gasteiger partial charge < -0.3 is 9.64 Å². The standard InChI is InChI=1S/C12H21NO3Si/c1-12(2,3)9-10(14)13-7-17(4,5)6-8(13)11(15)16-9/h8-9H,6-7H2,1-5H3/t8-,9-/m0/s1. The average Bonchev–Trinajstić information content (AvgIpc) is 2.46. The summed E-state index contributed by atoms with van der Waals surface area (Å²) in [4.78, 5) is 26.1. The third-order valence-electron chi connectivity index (χ3n) is 3.52. The van der Waals surface area contributed by atoms with E-state index in [2.05, 4.69) is 13.1 Å². The highest BCUT2D eigenvalue weighted by Gasteiger charge is 2.53. The Morgan fingerprint density at radius 1 is 1.29 bits per heavy atom. The van der Waals surface area contributed by atoms with Gasteiger partial charge in [0.1, 0.15) is 6.04 Å². The molecule has 0 aromatic rings. The molecule has 0 radical (unpaired) electrons. The van der Waals surface area contributed by atoms with Crippen LogP contribution in [0.4, 0.5) is 0 Å². The van der Waals surface area contributed by atoms with Gasteiger partial charge in [0, 0.05) is 11.6 Å². The monoisotopic (exact) mass is 255 g/mol. The van der Waals surface area contributed by atoms with Crippen molar-refractivity contribution in [3.05, 3.63) is 0 Å². The number of esters is 1. The van der Waals surface area contributed by atoms with Crippen LogP contribution in [0, 0.1) is 5.41 Å². The van der Waals surface area contributed by atoms with Crippen molar-refractivity contribution in [2.75, 3.05) is 6.17 Å². The van der Waals surface area contributed by atoms with Crippen molar-refractivity contribution < 1.29 is 14.3 Å². The van der Waals surface area contributed by atoms with Crippen molar-refractivity contribution in [2.24, 2.45) is 5.41 Å². The van der Waals surface area contributed by atoms with E-state index in [1.165, 1.54) is 0 Å². The number of amides is 1. The Kier molecular flexibility index (Phi) is 2.65. The summed E-state index contributed by atoms with van der Waals surface area (Å²) in [6.07, 6.45) is 0.173. The molecule has 2 aliphatic heterocycles. The third-order valence-corrected chi connectivity index (χ3v) is 6.21. The first kappa shape index (κ1) is 12.6. The molecule has 0 saturated carbocycles. The lowest BCUT2D eigenvalue weighted by Gasteiger charge is -2.39. The number of hydrogen-bond acceptors (Lipinski definition) is 3. The fraction of sp³-hybridized carbons (Fsp3) is 0.833. The molecule has 2 saturated heterocycles. The van der Waals surface area contributed by atoms with Gasteiger partial charge in [-0.1, -0.05) is 33.9 Å². The SMILES string of the molecule is CC(C)(C)[C@H]1OC(=O)[C@@H]2C[Si](C)(C)CN2C1=O. The number of fused-ring (bicyclic) bond motifs is 1. The molecule has 0 bridgehead atoms. The van der Waals surface area contributed by atoms with Gasteiger partial charge in [0.2, 0.25) is 0 Å². The molecule has 17 heavy (non-hydrogen) atoms. The zero-order valence-electron chi connectivity index (χ0n) is 11.2. The number of morpholine rings is 1. The largest absolute Gasteiger partial charge is 0.450 e. The van der Waals surface area contributed by atoms with Crippen molar-refractivity contribution >= 4 is 20.0 Å². The van der Waals surface area contributed by atoms with Crippen LogP contribution in [0.2, 0.25) is 19.1 Å². The number of carbonyl (C=O) groups is 2. The van der Waals surface area contributed by atoms with Crippen molar-refractivity contribution in [1.29, 1.82) is 0 Å². The summed E-state index contributed by atoms with van der Waals surface area (Å²) in [5, 5.41) is 0. The lowest BCUT2D eigenvalue weighted by molar-refractivity contribution is -0.182. The second-order valence-corrected chi connectivity index (χ2v) is 12.1. The topological polar surface area (TPSA) is 46.6 Å². The van der Waals surface area contributed by atoms with Gasteiger partial charge in [-0.2, -0.15) is 0 Å². The van der Waals surface area contributed by atoms with Crippen molar-refractivity contribution in [2.45, 2.75) is 52.1 Å². The van der Waals surface area contributed by atoms with E-state index in [0.29, 0.717) is 0 Å². The molecule has 0 N–H and O–H groups in total. The van der Waals surface area contributed by atoms with Crippen LogP contribution >= 0.6 is 0 Å². The number of hydrogen-bond donors (Lipinski definition) is 0. The van der Waals surface area contributed by atoms with E-state index in [-0.39, 0.29) is 23.3 Å². The molecule has 2 aliphatic rings. The minimum absolute atomic E-state index is 0.000162. The summed E-state index contributed by atoms with van der Waals surface area (Å²) >= 11 is 0. The molecule has 0 aliphatic carbocycles. The Labute approximate surface area is 103 Å². The molecule has 2 rings (SSSR count). The zero-order chi connectivity index (χ0) is 13.0. The first-order chi connectivity index (χ1) is 7.62. The van der Waals surface area contributed by atoms with Gasteiger partial charge in [-0.05, 0) is 6.04 Å². The smallest absolute Gasteiger partial charge is 0.329 e. The molecule has 4 nitrogen and oxygen atoms in total. The van der Waals surface area contributed by atoms with Gasteiger partial charge in [0.05, 0.1) is 8.07 Å². The van der Waals surface area contributed by atoms with Crippen LogP contribution in [-0.4, -0.2) is 43.2 Å². The number of rotatable bonds is 0. The average molecular weight is 255 g/mol.